The van der Waals surface area contributed by atoms with Crippen molar-refractivity contribution in [1.82, 2.24) is 24.0 Å². The quantitative estimate of drug-likeness (QED) is 0.777. The second-order valence-corrected chi connectivity index (χ2v) is 8.03. The summed E-state index contributed by atoms with van der Waals surface area (Å²) >= 11 is 0. The molecule has 1 N–H and O–H groups in total. The molecule has 21 heavy (non-hydrogen) atoms. The summed E-state index contributed by atoms with van der Waals surface area (Å²) in [7, 11) is -3.02. The van der Waals surface area contributed by atoms with Crippen LogP contribution in [0.15, 0.2) is 11.1 Å². The zero-order chi connectivity index (χ0) is 15.0. The lowest BCUT2D eigenvalue weighted by molar-refractivity contribution is 0.106. The van der Waals surface area contributed by atoms with Crippen LogP contribution in [0.2, 0.25) is 0 Å². The number of nitrogens with zero attached hydrogens (tertiary/aromatic N) is 4. The van der Waals surface area contributed by atoms with Crippen LogP contribution in [0.4, 0.5) is 0 Å². The molecule has 2 aliphatic rings. The fourth-order valence-corrected chi connectivity index (χ4v) is 4.13. The van der Waals surface area contributed by atoms with Crippen LogP contribution >= 0.6 is 0 Å². The van der Waals surface area contributed by atoms with Crippen LogP contribution in [-0.2, 0) is 10.0 Å². The van der Waals surface area contributed by atoms with Gasteiger partial charge in [0, 0.05) is 38.8 Å². The number of hydrogen-bond donors (Lipinski definition) is 1. The highest BCUT2D eigenvalue weighted by molar-refractivity contribution is 7.88. The Morgan fingerprint density at radius 1 is 1.33 bits per heavy atom. The minimum atomic E-state index is -3.02. The van der Waals surface area contributed by atoms with Crippen molar-refractivity contribution in [3.8, 4) is 0 Å². The van der Waals surface area contributed by atoms with Crippen molar-refractivity contribution in [2.24, 2.45) is 5.92 Å². The van der Waals surface area contributed by atoms with Crippen LogP contribution in [0.3, 0.4) is 0 Å². The molecule has 0 bridgehead atoms. The van der Waals surface area contributed by atoms with E-state index in [2.05, 4.69) is 15.1 Å². The van der Waals surface area contributed by atoms with Gasteiger partial charge in [0.25, 0.3) is 0 Å². The zero-order valence-electron chi connectivity index (χ0n) is 12.1. The number of piperidine rings is 1. The SMILES string of the molecule is CS(=O)(=O)N1CC(CN2CCC(n3cn[nH]c3=O)CC2)C1. The molecular formula is C12H21N5O3S. The van der Waals surface area contributed by atoms with Crippen LogP contribution in [0.5, 0.6) is 0 Å². The third kappa shape index (κ3) is 3.19. The molecule has 2 fully saturated rings. The monoisotopic (exact) mass is 315 g/mol. The molecule has 0 unspecified atom stereocenters. The molecule has 0 radical (unpaired) electrons. The van der Waals surface area contributed by atoms with E-state index in [0.717, 1.165) is 32.5 Å². The molecule has 3 heterocycles. The first-order valence-electron chi connectivity index (χ1n) is 7.22. The number of nitrogens with one attached hydrogen (secondary N) is 1. The lowest BCUT2D eigenvalue weighted by atomic mass is 9.99. The molecule has 1 aromatic heterocycles. The Morgan fingerprint density at radius 3 is 2.52 bits per heavy atom. The molecule has 118 valence electrons. The van der Waals surface area contributed by atoms with E-state index in [4.69, 9.17) is 0 Å². The summed E-state index contributed by atoms with van der Waals surface area (Å²) in [5.41, 5.74) is -0.142. The summed E-state index contributed by atoms with van der Waals surface area (Å²) in [4.78, 5) is 13.9. The van der Waals surface area contributed by atoms with Crippen LogP contribution in [0.25, 0.3) is 0 Å². The number of H-pyrrole nitrogens is 1. The first kappa shape index (κ1) is 14.7. The van der Waals surface area contributed by atoms with Crippen LogP contribution in [0.1, 0.15) is 18.9 Å². The Hall–Kier alpha value is -1.19. The molecule has 0 aliphatic carbocycles. The number of hydrogen-bond acceptors (Lipinski definition) is 5. The van der Waals surface area contributed by atoms with Gasteiger partial charge in [0.1, 0.15) is 6.33 Å². The van der Waals surface area contributed by atoms with Crippen LogP contribution in [0, 0.1) is 5.92 Å². The second kappa shape index (κ2) is 5.54. The van der Waals surface area contributed by atoms with Crippen molar-refractivity contribution in [1.29, 1.82) is 0 Å². The molecule has 9 heteroatoms. The van der Waals surface area contributed by atoms with Gasteiger partial charge in [0.2, 0.25) is 10.0 Å². The summed E-state index contributed by atoms with van der Waals surface area (Å²) in [6, 6.07) is 0.224. The number of likely N-dealkylation sites (tertiary alicyclic amines) is 1. The van der Waals surface area contributed by atoms with Crippen molar-refractivity contribution < 1.29 is 8.42 Å². The van der Waals surface area contributed by atoms with Crippen LogP contribution in [-0.4, -0.2) is 71.4 Å². The van der Waals surface area contributed by atoms with E-state index in [1.165, 1.54) is 10.6 Å². The maximum absolute atomic E-state index is 11.5. The lowest BCUT2D eigenvalue weighted by Crippen LogP contribution is -2.54. The third-order valence-corrected chi connectivity index (χ3v) is 5.67. The number of sulfonamides is 1. The molecule has 8 nitrogen and oxygen atoms in total. The molecule has 0 amide bonds. The second-order valence-electron chi connectivity index (χ2n) is 6.05. The zero-order valence-corrected chi connectivity index (χ0v) is 12.9. The number of aromatic amines is 1. The van der Waals surface area contributed by atoms with Gasteiger partial charge in [-0.2, -0.15) is 5.10 Å². The van der Waals surface area contributed by atoms with Crippen molar-refractivity contribution in [3.63, 3.8) is 0 Å². The summed E-state index contributed by atoms with van der Waals surface area (Å²) in [5.74, 6) is 0.438. The van der Waals surface area contributed by atoms with Gasteiger partial charge in [-0.05, 0) is 18.8 Å². The average Bonchev–Trinajstić information content (AvgIpc) is 2.79. The maximum Gasteiger partial charge on any atom is 0.343 e. The van der Waals surface area contributed by atoms with E-state index in [1.54, 1.807) is 10.9 Å². The van der Waals surface area contributed by atoms with Crippen molar-refractivity contribution in [3.05, 3.63) is 16.8 Å². The first-order valence-corrected chi connectivity index (χ1v) is 9.07. The standard InChI is InChI=1S/C12H21N5O3S/c1-21(19,20)16-7-10(8-16)6-15-4-2-11(3-5-15)17-9-13-14-12(17)18/h9-11H,2-8H2,1H3,(H,14,18). The topological polar surface area (TPSA) is 91.3 Å². The molecule has 2 aliphatic heterocycles. The van der Waals surface area contributed by atoms with Gasteiger partial charge in [-0.25, -0.2) is 22.6 Å². The largest absolute Gasteiger partial charge is 0.343 e. The average molecular weight is 315 g/mol. The molecule has 1 aromatic rings. The predicted octanol–water partition coefficient (Wildman–Crippen LogP) is -0.900. The molecule has 0 saturated carbocycles. The molecule has 3 rings (SSSR count). The van der Waals surface area contributed by atoms with Gasteiger partial charge in [-0.3, -0.25) is 4.57 Å². The van der Waals surface area contributed by atoms with Gasteiger partial charge < -0.3 is 4.90 Å². The molecular weight excluding hydrogens is 294 g/mol. The van der Waals surface area contributed by atoms with E-state index in [0.29, 0.717) is 19.0 Å². The summed E-state index contributed by atoms with van der Waals surface area (Å²) in [5, 5.41) is 6.20. The Bertz CT molecular complexity index is 638. The van der Waals surface area contributed by atoms with Gasteiger partial charge in [-0.15, -0.1) is 0 Å². The Balaban J connectivity index is 1.45. The van der Waals surface area contributed by atoms with E-state index in [9.17, 15) is 13.2 Å². The maximum atomic E-state index is 11.5. The number of rotatable bonds is 4. The minimum Gasteiger partial charge on any atom is -0.303 e. The molecule has 0 aromatic carbocycles. The van der Waals surface area contributed by atoms with Gasteiger partial charge in [-0.1, -0.05) is 0 Å². The first-order chi connectivity index (χ1) is 9.93. The normalized spacial score (nSPS) is 23.3. The Labute approximate surface area is 123 Å². The Kier molecular flexibility index (Phi) is 3.89. The van der Waals surface area contributed by atoms with Gasteiger partial charge in [0.15, 0.2) is 0 Å². The van der Waals surface area contributed by atoms with E-state index < -0.39 is 10.0 Å². The van der Waals surface area contributed by atoms with Gasteiger partial charge >= 0.3 is 5.69 Å². The summed E-state index contributed by atoms with van der Waals surface area (Å²) in [6.07, 6.45) is 4.69. The molecule has 2 saturated heterocycles. The highest BCUT2D eigenvalue weighted by atomic mass is 32.2. The van der Waals surface area contributed by atoms with E-state index in [1.807, 2.05) is 0 Å². The molecule has 0 spiro atoms. The predicted molar refractivity (Wildman–Crippen MR) is 77.5 cm³/mol. The third-order valence-electron chi connectivity index (χ3n) is 4.44. The number of aromatic nitrogens is 3. The summed E-state index contributed by atoms with van der Waals surface area (Å²) in [6.45, 7) is 4.11. The summed E-state index contributed by atoms with van der Waals surface area (Å²) < 4.78 is 25.9. The highest BCUT2D eigenvalue weighted by Gasteiger charge is 2.34. The smallest absolute Gasteiger partial charge is 0.303 e. The van der Waals surface area contributed by atoms with Crippen LogP contribution < -0.4 is 5.69 Å². The fourth-order valence-electron chi connectivity index (χ4n) is 3.17. The lowest BCUT2D eigenvalue weighted by Gasteiger charge is -2.41. The van der Waals surface area contributed by atoms with E-state index in [-0.39, 0.29) is 11.7 Å². The van der Waals surface area contributed by atoms with Crippen molar-refractivity contribution >= 4 is 10.0 Å². The molecule has 0 atom stereocenters. The minimum absolute atomic E-state index is 0.142. The fraction of sp³-hybridized carbons (Fsp3) is 0.833. The highest BCUT2D eigenvalue weighted by Crippen LogP contribution is 2.24. The van der Waals surface area contributed by atoms with Gasteiger partial charge in [0.05, 0.1) is 6.26 Å². The van der Waals surface area contributed by atoms with E-state index >= 15 is 0 Å². The Morgan fingerprint density at radius 2 is 2.00 bits per heavy atom. The van der Waals surface area contributed by atoms with Crippen molar-refractivity contribution in [2.45, 2.75) is 18.9 Å². The van der Waals surface area contributed by atoms with Crippen molar-refractivity contribution in [2.75, 3.05) is 39.0 Å².